The fourth-order valence-electron chi connectivity index (χ4n) is 5.70. The van der Waals surface area contributed by atoms with Gasteiger partial charge in [-0.3, -0.25) is 4.55 Å². The molecule has 0 spiro atoms. The average Bonchev–Trinajstić information content (AvgIpc) is 3.57. The first-order valence-corrected chi connectivity index (χ1v) is 20.4. The quantitative estimate of drug-likeness (QED) is 0.0747. The number of benzene rings is 4. The molecule has 0 radical (unpaired) electrons. The van der Waals surface area contributed by atoms with E-state index in [-0.39, 0.29) is 18.1 Å². The molecule has 0 saturated carbocycles. The number of hydrogen-bond acceptors (Lipinski definition) is 8. The van der Waals surface area contributed by atoms with Gasteiger partial charge >= 0.3 is 5.89 Å². The van der Waals surface area contributed by atoms with Gasteiger partial charge in [0, 0.05) is 27.6 Å². The van der Waals surface area contributed by atoms with Gasteiger partial charge in [0.1, 0.15) is 0 Å². The molecule has 2 heterocycles. The van der Waals surface area contributed by atoms with E-state index < -0.39 is 26.1 Å². The van der Waals surface area contributed by atoms with Crippen molar-refractivity contribution in [2.45, 2.75) is 32.1 Å². The number of unbranched alkanes of at least 4 members (excludes halogenated alkanes) is 1. The Labute approximate surface area is 307 Å². The van der Waals surface area contributed by atoms with Crippen LogP contribution in [0.2, 0.25) is 0 Å². The standard InChI is InChI=1S/C36H32Br2N2O8S2/c1-2-24(20-36-40(23-50(44,45)46)32-22-28(10-16-34(32)48-36)26-7-13-30(38)14-8-26)19-35-39(17-3-4-18-49(41,42)43)31-21-27(9-15-33(31)47-35)25-5-11-29(37)12-6-25/h5-16,19-22H,2-4,17-18,23H2,1H3,(H-,41,42,43,44,45,46). The molecule has 1 aliphatic heterocycles. The van der Waals surface area contributed by atoms with Gasteiger partial charge in [-0.1, -0.05) is 75.2 Å². The van der Waals surface area contributed by atoms with Crippen molar-refractivity contribution in [1.29, 1.82) is 0 Å². The van der Waals surface area contributed by atoms with Crippen molar-refractivity contribution in [2.75, 3.05) is 17.2 Å². The maximum atomic E-state index is 12.1. The predicted octanol–water partition coefficient (Wildman–Crippen LogP) is 8.28. The zero-order valence-corrected chi connectivity index (χ0v) is 31.6. The average molecular weight is 845 g/mol. The summed E-state index contributed by atoms with van der Waals surface area (Å²) in [5, 5.41) is 0. The third kappa shape index (κ3) is 8.74. The Kier molecular flexibility index (Phi) is 10.7. The highest BCUT2D eigenvalue weighted by Gasteiger charge is 2.28. The molecule has 0 fully saturated rings. The van der Waals surface area contributed by atoms with Crippen LogP contribution in [0.3, 0.4) is 0 Å². The highest BCUT2D eigenvalue weighted by molar-refractivity contribution is 9.10. The molecule has 0 unspecified atom stereocenters. The lowest BCUT2D eigenvalue weighted by atomic mass is 10.0. The molecule has 0 bridgehead atoms. The van der Waals surface area contributed by atoms with Gasteiger partial charge in [0.2, 0.25) is 17.3 Å². The maximum Gasteiger partial charge on any atom is 0.375 e. The summed E-state index contributed by atoms with van der Waals surface area (Å²) >= 11 is 6.91. The molecule has 1 aromatic heterocycles. The number of fused-ring (bicyclic) bond motifs is 2. The molecule has 260 valence electrons. The van der Waals surface area contributed by atoms with E-state index in [1.165, 1.54) is 4.57 Å². The Morgan fingerprint density at radius 1 is 0.860 bits per heavy atom. The molecule has 0 saturated heterocycles. The van der Waals surface area contributed by atoms with Gasteiger partial charge in [0.15, 0.2) is 15.9 Å². The van der Waals surface area contributed by atoms with E-state index >= 15 is 0 Å². The van der Waals surface area contributed by atoms with Crippen LogP contribution in [0.15, 0.2) is 116 Å². The molecule has 1 aliphatic rings. The summed E-state index contributed by atoms with van der Waals surface area (Å²) in [4.78, 5) is 1.95. The van der Waals surface area contributed by atoms with Crippen molar-refractivity contribution in [1.82, 2.24) is 0 Å². The van der Waals surface area contributed by atoms with Crippen molar-refractivity contribution in [2.24, 2.45) is 0 Å². The highest BCUT2D eigenvalue weighted by Crippen LogP contribution is 2.42. The van der Waals surface area contributed by atoms with Crippen LogP contribution in [-0.2, 0) is 26.1 Å². The number of oxazole rings is 1. The summed E-state index contributed by atoms with van der Waals surface area (Å²) in [6.07, 6.45) is 4.69. The van der Waals surface area contributed by atoms with Gasteiger partial charge in [-0.25, -0.2) is 8.42 Å². The minimum absolute atomic E-state index is 0.175. The van der Waals surface area contributed by atoms with Crippen molar-refractivity contribution < 1.29 is 39.7 Å². The zero-order valence-electron chi connectivity index (χ0n) is 26.8. The number of allylic oxidation sites excluding steroid dienone is 2. The molecule has 4 aromatic carbocycles. The molecule has 0 atom stereocenters. The van der Waals surface area contributed by atoms with Crippen LogP contribution in [0.4, 0.5) is 5.69 Å². The van der Waals surface area contributed by atoms with Gasteiger partial charge < -0.3 is 18.6 Å². The number of aromatic nitrogens is 1. The van der Waals surface area contributed by atoms with Gasteiger partial charge in [-0.2, -0.15) is 8.42 Å². The third-order valence-corrected chi connectivity index (χ3v) is 10.6. The first-order valence-electron chi connectivity index (χ1n) is 15.6. The van der Waals surface area contributed by atoms with Crippen LogP contribution in [0.25, 0.3) is 39.4 Å². The van der Waals surface area contributed by atoms with E-state index in [1.54, 1.807) is 18.2 Å². The number of rotatable bonds is 12. The summed E-state index contributed by atoms with van der Waals surface area (Å²) in [5.74, 6) is 0.0757. The molecule has 50 heavy (non-hydrogen) atoms. The lowest BCUT2D eigenvalue weighted by Gasteiger charge is -2.19. The van der Waals surface area contributed by atoms with E-state index in [0.717, 1.165) is 36.9 Å². The van der Waals surface area contributed by atoms with Crippen LogP contribution < -0.4 is 14.2 Å². The summed E-state index contributed by atoms with van der Waals surface area (Å²) in [6.45, 7) is 2.32. The number of halogens is 2. The first kappa shape index (κ1) is 36.0. The molecule has 0 amide bonds. The van der Waals surface area contributed by atoms with Gasteiger partial charge in [-0.15, -0.1) is 4.57 Å². The normalized spacial score (nSPS) is 14.4. The van der Waals surface area contributed by atoms with Crippen LogP contribution in [0, 0.1) is 0 Å². The second-order valence-electron chi connectivity index (χ2n) is 11.7. The molecule has 5 aromatic rings. The summed E-state index contributed by atoms with van der Waals surface area (Å²) in [6, 6.07) is 26.8. The Morgan fingerprint density at radius 3 is 2.06 bits per heavy atom. The van der Waals surface area contributed by atoms with Gasteiger partial charge in [0.25, 0.3) is 15.6 Å². The number of ether oxygens (including phenoxy) is 1. The minimum Gasteiger partial charge on any atom is -0.743 e. The lowest BCUT2D eigenvalue weighted by Crippen LogP contribution is -2.39. The maximum absolute atomic E-state index is 12.1. The third-order valence-electron chi connectivity index (χ3n) is 8.16. The van der Waals surface area contributed by atoms with Gasteiger partial charge in [0.05, 0.1) is 17.5 Å². The summed E-state index contributed by atoms with van der Waals surface area (Å²) in [7, 11) is -8.80. The minimum atomic E-state index is -4.70. The summed E-state index contributed by atoms with van der Waals surface area (Å²) in [5.41, 5.74) is 6.05. The molecule has 6 rings (SSSR count). The van der Waals surface area contributed by atoms with E-state index in [0.29, 0.717) is 47.7 Å². The van der Waals surface area contributed by atoms with Crippen molar-refractivity contribution >= 4 is 75.0 Å². The van der Waals surface area contributed by atoms with E-state index in [1.807, 2.05) is 90.7 Å². The van der Waals surface area contributed by atoms with Crippen LogP contribution in [0.1, 0.15) is 32.1 Å². The van der Waals surface area contributed by atoms with Crippen LogP contribution in [-0.4, -0.2) is 38.2 Å². The Hall–Kier alpha value is -3.79. The first-order chi connectivity index (χ1) is 23.8. The fourth-order valence-corrected chi connectivity index (χ4v) is 7.38. The highest BCUT2D eigenvalue weighted by atomic mass is 79.9. The summed E-state index contributed by atoms with van der Waals surface area (Å²) < 4.78 is 84.0. The lowest BCUT2D eigenvalue weighted by molar-refractivity contribution is -0.658. The molecular weight excluding hydrogens is 812 g/mol. The largest absolute Gasteiger partial charge is 0.743 e. The predicted molar refractivity (Wildman–Crippen MR) is 199 cm³/mol. The van der Waals surface area contributed by atoms with E-state index in [9.17, 15) is 25.9 Å². The second kappa shape index (κ2) is 14.8. The monoisotopic (exact) mass is 842 g/mol. The number of hydrogen-bond donors (Lipinski definition) is 1. The Bertz CT molecular complexity index is 2340. The van der Waals surface area contributed by atoms with Crippen molar-refractivity contribution in [3.63, 3.8) is 0 Å². The van der Waals surface area contributed by atoms with E-state index in [2.05, 4.69) is 31.9 Å². The van der Waals surface area contributed by atoms with E-state index in [4.69, 9.17) is 9.15 Å². The van der Waals surface area contributed by atoms with Crippen molar-refractivity contribution in [3.8, 4) is 28.0 Å². The van der Waals surface area contributed by atoms with Gasteiger partial charge in [-0.05, 0) is 89.6 Å². The zero-order chi connectivity index (χ0) is 35.6. The topological polar surface area (TPSA) is 141 Å². The van der Waals surface area contributed by atoms with Crippen molar-refractivity contribution in [3.05, 3.63) is 117 Å². The molecular formula is C36H32Br2N2O8S2. The molecule has 14 heteroatoms. The molecule has 0 aliphatic carbocycles. The van der Waals surface area contributed by atoms with Crippen LogP contribution in [0.5, 0.6) is 5.75 Å². The smallest absolute Gasteiger partial charge is 0.375 e. The number of nitrogens with zero attached hydrogens (tertiary/aromatic N) is 2. The Morgan fingerprint density at radius 2 is 1.46 bits per heavy atom. The second-order valence-corrected chi connectivity index (χ2v) is 16.5. The molecule has 1 N–H and O–H groups in total. The van der Waals surface area contributed by atoms with Crippen LogP contribution >= 0.6 is 31.9 Å². The SMILES string of the molecule is CCC(=C/c1oc2ccc(-c3ccc(Br)cc3)cc2[n+]1CS(=O)(=O)[O-])/C=C1/Oc2ccc(-c3ccc(Br)cc3)cc2N1CCCCS(=O)(=O)O. The number of anilines is 1. The molecule has 10 nitrogen and oxygen atoms in total. The Balaban J connectivity index is 1.39. The fraction of sp³-hybridized carbons (Fsp3) is 0.194.